The van der Waals surface area contributed by atoms with E-state index in [4.69, 9.17) is 5.73 Å². The molecule has 0 spiro atoms. The molecule has 3 atom stereocenters. The van der Waals surface area contributed by atoms with E-state index in [-0.39, 0.29) is 6.04 Å². The minimum absolute atomic E-state index is 0.214. The maximum absolute atomic E-state index is 12.1. The Morgan fingerprint density at radius 2 is 2.19 bits per heavy atom. The molecular formula is C13H26N2O. The van der Waals surface area contributed by atoms with Gasteiger partial charge < -0.3 is 10.6 Å². The SMILES string of the molecule is CCC1CCC(C)N1C(=O)CCCC(C)N. The summed E-state index contributed by atoms with van der Waals surface area (Å²) in [6.07, 6.45) is 5.97. The van der Waals surface area contributed by atoms with E-state index in [1.165, 1.54) is 6.42 Å². The lowest BCUT2D eigenvalue weighted by Gasteiger charge is -2.28. The van der Waals surface area contributed by atoms with Gasteiger partial charge in [0.15, 0.2) is 0 Å². The van der Waals surface area contributed by atoms with Crippen molar-refractivity contribution in [2.75, 3.05) is 0 Å². The Bertz CT molecular complexity index is 228. The van der Waals surface area contributed by atoms with Crippen molar-refractivity contribution in [3.05, 3.63) is 0 Å². The van der Waals surface area contributed by atoms with E-state index in [0.717, 1.165) is 25.7 Å². The van der Waals surface area contributed by atoms with E-state index in [0.29, 0.717) is 24.4 Å². The molecule has 0 saturated carbocycles. The molecule has 94 valence electrons. The second-order valence-corrected chi connectivity index (χ2v) is 5.16. The Balaban J connectivity index is 2.39. The Hall–Kier alpha value is -0.570. The van der Waals surface area contributed by atoms with E-state index in [2.05, 4.69) is 18.7 Å². The maximum Gasteiger partial charge on any atom is 0.223 e. The van der Waals surface area contributed by atoms with Crippen molar-refractivity contribution in [1.82, 2.24) is 4.90 Å². The van der Waals surface area contributed by atoms with Crippen molar-refractivity contribution < 1.29 is 4.79 Å². The first-order valence-electron chi connectivity index (χ1n) is 6.63. The van der Waals surface area contributed by atoms with E-state index < -0.39 is 0 Å². The van der Waals surface area contributed by atoms with Crippen LogP contribution >= 0.6 is 0 Å². The molecule has 1 rings (SSSR count). The van der Waals surface area contributed by atoms with Gasteiger partial charge in [-0.3, -0.25) is 4.79 Å². The van der Waals surface area contributed by atoms with Gasteiger partial charge in [0.1, 0.15) is 0 Å². The number of hydrogen-bond acceptors (Lipinski definition) is 2. The van der Waals surface area contributed by atoms with Gasteiger partial charge in [0, 0.05) is 24.5 Å². The number of hydrogen-bond donors (Lipinski definition) is 1. The van der Waals surface area contributed by atoms with Gasteiger partial charge in [-0.2, -0.15) is 0 Å². The van der Waals surface area contributed by atoms with Crippen molar-refractivity contribution in [3.8, 4) is 0 Å². The summed E-state index contributed by atoms with van der Waals surface area (Å²) in [5, 5.41) is 0. The van der Waals surface area contributed by atoms with Gasteiger partial charge in [-0.05, 0) is 46.0 Å². The lowest BCUT2D eigenvalue weighted by molar-refractivity contribution is -0.134. The van der Waals surface area contributed by atoms with Gasteiger partial charge in [0.2, 0.25) is 5.91 Å². The molecule has 0 aliphatic carbocycles. The van der Waals surface area contributed by atoms with Crippen LogP contribution in [0.4, 0.5) is 0 Å². The Kier molecular flexibility index (Phi) is 5.26. The molecule has 3 nitrogen and oxygen atoms in total. The molecule has 0 aromatic rings. The third-order valence-corrected chi connectivity index (χ3v) is 3.60. The van der Waals surface area contributed by atoms with Crippen LogP contribution < -0.4 is 5.73 Å². The normalized spacial score (nSPS) is 27.1. The van der Waals surface area contributed by atoms with Gasteiger partial charge in [0.05, 0.1) is 0 Å². The first-order chi connectivity index (χ1) is 7.56. The third-order valence-electron chi connectivity index (χ3n) is 3.60. The topological polar surface area (TPSA) is 46.3 Å². The van der Waals surface area contributed by atoms with Gasteiger partial charge >= 0.3 is 0 Å². The molecule has 0 aromatic carbocycles. The van der Waals surface area contributed by atoms with Crippen LogP contribution in [-0.4, -0.2) is 28.9 Å². The summed E-state index contributed by atoms with van der Waals surface area (Å²) in [7, 11) is 0. The van der Waals surface area contributed by atoms with Gasteiger partial charge in [-0.1, -0.05) is 6.92 Å². The fourth-order valence-corrected chi connectivity index (χ4v) is 2.63. The average Bonchev–Trinajstić information content (AvgIpc) is 2.58. The van der Waals surface area contributed by atoms with Crippen LogP contribution in [0.3, 0.4) is 0 Å². The standard InChI is InChI=1S/C13H26N2O/c1-4-12-9-8-11(3)15(12)13(16)7-5-6-10(2)14/h10-12H,4-9,14H2,1-3H3. The highest BCUT2D eigenvalue weighted by Gasteiger charge is 2.32. The summed E-state index contributed by atoms with van der Waals surface area (Å²) in [6.45, 7) is 6.34. The molecule has 1 amide bonds. The summed E-state index contributed by atoms with van der Waals surface area (Å²) >= 11 is 0. The molecule has 2 N–H and O–H groups in total. The predicted octanol–water partition coefficient (Wildman–Crippen LogP) is 2.29. The summed E-state index contributed by atoms with van der Waals surface area (Å²) in [5.41, 5.74) is 5.69. The molecule has 1 saturated heterocycles. The van der Waals surface area contributed by atoms with Crippen LogP contribution in [0.5, 0.6) is 0 Å². The van der Waals surface area contributed by atoms with Crippen molar-refractivity contribution in [2.24, 2.45) is 5.73 Å². The Morgan fingerprint density at radius 3 is 2.75 bits per heavy atom. The van der Waals surface area contributed by atoms with Crippen LogP contribution in [0.15, 0.2) is 0 Å². The quantitative estimate of drug-likeness (QED) is 0.782. The molecule has 1 aliphatic heterocycles. The highest BCUT2D eigenvalue weighted by molar-refractivity contribution is 5.77. The minimum atomic E-state index is 0.214. The number of amides is 1. The fraction of sp³-hybridized carbons (Fsp3) is 0.923. The molecule has 3 heteroatoms. The smallest absolute Gasteiger partial charge is 0.223 e. The molecule has 1 aliphatic rings. The maximum atomic E-state index is 12.1. The summed E-state index contributed by atoms with van der Waals surface area (Å²) < 4.78 is 0. The lowest BCUT2D eigenvalue weighted by Crippen LogP contribution is -2.39. The monoisotopic (exact) mass is 226 g/mol. The zero-order chi connectivity index (χ0) is 12.1. The number of nitrogens with two attached hydrogens (primary N) is 1. The van der Waals surface area contributed by atoms with Crippen molar-refractivity contribution >= 4 is 5.91 Å². The molecule has 0 aromatic heterocycles. The molecule has 0 radical (unpaired) electrons. The number of carbonyl (C=O) groups excluding carboxylic acids is 1. The van der Waals surface area contributed by atoms with Crippen LogP contribution in [0, 0.1) is 0 Å². The summed E-state index contributed by atoms with van der Waals surface area (Å²) in [6, 6.07) is 1.14. The molecule has 0 bridgehead atoms. The first kappa shape index (κ1) is 13.5. The second kappa shape index (κ2) is 6.24. The van der Waals surface area contributed by atoms with Crippen molar-refractivity contribution in [2.45, 2.75) is 77.4 Å². The largest absolute Gasteiger partial charge is 0.337 e. The van der Waals surface area contributed by atoms with Crippen molar-refractivity contribution in [3.63, 3.8) is 0 Å². The molecule has 1 fully saturated rings. The molecule has 16 heavy (non-hydrogen) atoms. The highest BCUT2D eigenvalue weighted by atomic mass is 16.2. The predicted molar refractivity (Wildman–Crippen MR) is 67.1 cm³/mol. The van der Waals surface area contributed by atoms with E-state index in [1.807, 2.05) is 6.92 Å². The molecular weight excluding hydrogens is 200 g/mol. The number of rotatable bonds is 5. The third kappa shape index (κ3) is 3.48. The van der Waals surface area contributed by atoms with Crippen LogP contribution in [0.1, 0.15) is 59.3 Å². The van der Waals surface area contributed by atoms with Crippen LogP contribution in [0.2, 0.25) is 0 Å². The van der Waals surface area contributed by atoms with E-state index >= 15 is 0 Å². The fourth-order valence-electron chi connectivity index (χ4n) is 2.63. The number of likely N-dealkylation sites (tertiary alicyclic amines) is 1. The summed E-state index contributed by atoms with van der Waals surface area (Å²) in [4.78, 5) is 14.2. The molecule has 1 heterocycles. The number of carbonyl (C=O) groups is 1. The van der Waals surface area contributed by atoms with Gasteiger partial charge in [-0.15, -0.1) is 0 Å². The first-order valence-corrected chi connectivity index (χ1v) is 6.63. The second-order valence-electron chi connectivity index (χ2n) is 5.16. The van der Waals surface area contributed by atoms with Gasteiger partial charge in [-0.25, -0.2) is 0 Å². The highest BCUT2D eigenvalue weighted by Crippen LogP contribution is 2.26. The zero-order valence-corrected chi connectivity index (χ0v) is 10.9. The minimum Gasteiger partial charge on any atom is -0.337 e. The van der Waals surface area contributed by atoms with E-state index in [9.17, 15) is 4.79 Å². The summed E-state index contributed by atoms with van der Waals surface area (Å²) in [5.74, 6) is 0.331. The van der Waals surface area contributed by atoms with Crippen molar-refractivity contribution in [1.29, 1.82) is 0 Å². The average molecular weight is 226 g/mol. The van der Waals surface area contributed by atoms with E-state index in [1.54, 1.807) is 0 Å². The van der Waals surface area contributed by atoms with Gasteiger partial charge in [0.25, 0.3) is 0 Å². The van der Waals surface area contributed by atoms with Crippen LogP contribution in [0.25, 0.3) is 0 Å². The Labute approximate surface area is 99.4 Å². The van der Waals surface area contributed by atoms with Crippen LogP contribution in [-0.2, 0) is 4.79 Å². The molecule has 3 unspecified atom stereocenters. The number of nitrogens with zero attached hydrogens (tertiary/aromatic N) is 1. The Morgan fingerprint density at radius 1 is 1.50 bits per heavy atom. The zero-order valence-electron chi connectivity index (χ0n) is 10.9. The lowest BCUT2D eigenvalue weighted by atomic mass is 10.1.